The first-order valence-electron chi connectivity index (χ1n) is 8.20. The molecule has 1 unspecified atom stereocenters. The van der Waals surface area contributed by atoms with Gasteiger partial charge in [-0.1, -0.05) is 36.0 Å². The highest BCUT2D eigenvalue weighted by molar-refractivity contribution is 7.16. The summed E-state index contributed by atoms with van der Waals surface area (Å²) in [6.07, 6.45) is 0.143. The number of aryl methyl sites for hydroxylation is 1. The van der Waals surface area contributed by atoms with E-state index in [1.165, 1.54) is 0 Å². The normalized spacial score (nSPS) is 13.1. The van der Waals surface area contributed by atoms with Gasteiger partial charge in [0.15, 0.2) is 10.6 Å². The zero-order chi connectivity index (χ0) is 19.7. The minimum Gasteiger partial charge on any atom is -0.480 e. The summed E-state index contributed by atoms with van der Waals surface area (Å²) in [7, 11) is 0. The number of fused-ring (bicyclic) bond motifs is 1. The van der Waals surface area contributed by atoms with Crippen LogP contribution in [0, 0.1) is 18.6 Å². The van der Waals surface area contributed by atoms with Crippen LogP contribution in [0.1, 0.15) is 35.3 Å². The van der Waals surface area contributed by atoms with Crippen molar-refractivity contribution in [2.75, 3.05) is 0 Å². The van der Waals surface area contributed by atoms with Crippen molar-refractivity contribution in [1.82, 2.24) is 4.57 Å². The van der Waals surface area contributed by atoms with Gasteiger partial charge in [0.1, 0.15) is 11.9 Å². The van der Waals surface area contributed by atoms with Crippen LogP contribution in [0.15, 0.2) is 41.4 Å². The number of hydrogen-bond donors (Lipinski definition) is 1. The van der Waals surface area contributed by atoms with Crippen LogP contribution in [0.3, 0.4) is 0 Å². The van der Waals surface area contributed by atoms with E-state index in [1.54, 1.807) is 31.2 Å². The minimum atomic E-state index is -1.19. The number of carbonyl (C=O) groups excluding carboxylic acids is 1. The van der Waals surface area contributed by atoms with Crippen LogP contribution in [-0.2, 0) is 4.79 Å². The lowest BCUT2D eigenvalue weighted by Crippen LogP contribution is -2.27. The molecule has 0 aliphatic rings. The zero-order valence-electron chi connectivity index (χ0n) is 14.6. The molecule has 0 aliphatic carbocycles. The Morgan fingerprint density at radius 3 is 2.48 bits per heavy atom. The Morgan fingerprint density at radius 1 is 1.22 bits per heavy atom. The topological polar surface area (TPSA) is 71.7 Å². The van der Waals surface area contributed by atoms with Gasteiger partial charge in [-0.05, 0) is 31.5 Å². The Balaban J connectivity index is 2.28. The maximum atomic E-state index is 14.4. The first kappa shape index (κ1) is 18.9. The lowest BCUT2D eigenvalue weighted by molar-refractivity contribution is -0.140. The van der Waals surface area contributed by atoms with Gasteiger partial charge >= 0.3 is 5.97 Å². The van der Waals surface area contributed by atoms with E-state index in [0.29, 0.717) is 11.6 Å². The Hall–Kier alpha value is -2.87. The average molecular weight is 390 g/mol. The highest BCUT2D eigenvalue weighted by Crippen LogP contribution is 2.26. The molecule has 8 heteroatoms. The Labute approximate surface area is 157 Å². The fourth-order valence-electron chi connectivity index (χ4n) is 2.78. The monoisotopic (exact) mass is 390 g/mol. The van der Waals surface area contributed by atoms with Crippen molar-refractivity contribution < 1.29 is 23.5 Å². The number of aromatic nitrogens is 1. The second-order valence-electron chi connectivity index (χ2n) is 6.03. The lowest BCUT2D eigenvalue weighted by Gasteiger charge is -2.13. The van der Waals surface area contributed by atoms with Gasteiger partial charge in [0, 0.05) is 11.6 Å². The van der Waals surface area contributed by atoms with Gasteiger partial charge in [0.05, 0.1) is 10.2 Å². The van der Waals surface area contributed by atoms with Crippen LogP contribution in [0.2, 0.25) is 0 Å². The molecule has 1 heterocycles. The third-order valence-corrected chi connectivity index (χ3v) is 5.12. The molecule has 0 fully saturated rings. The van der Waals surface area contributed by atoms with Crippen LogP contribution in [0.5, 0.6) is 0 Å². The zero-order valence-corrected chi connectivity index (χ0v) is 15.4. The van der Waals surface area contributed by atoms with Gasteiger partial charge in [-0.2, -0.15) is 4.99 Å². The molecule has 5 nitrogen and oxygen atoms in total. The van der Waals surface area contributed by atoms with Crippen LogP contribution < -0.4 is 4.80 Å². The molecule has 0 radical (unpaired) electrons. The summed E-state index contributed by atoms with van der Waals surface area (Å²) in [5, 5.41) is 9.52. The van der Waals surface area contributed by atoms with Gasteiger partial charge < -0.3 is 5.11 Å². The number of amides is 1. The summed E-state index contributed by atoms with van der Waals surface area (Å²) in [6, 6.07) is 7.37. The Kier molecular flexibility index (Phi) is 5.18. The molecule has 1 N–H and O–H groups in total. The molecule has 1 amide bonds. The van der Waals surface area contributed by atoms with E-state index in [9.17, 15) is 23.5 Å². The third-order valence-electron chi connectivity index (χ3n) is 4.12. The quantitative estimate of drug-likeness (QED) is 0.730. The second-order valence-corrected chi connectivity index (χ2v) is 7.04. The maximum absolute atomic E-state index is 14.4. The molecule has 27 heavy (non-hydrogen) atoms. The van der Waals surface area contributed by atoms with Crippen molar-refractivity contribution in [3.63, 3.8) is 0 Å². The predicted molar refractivity (Wildman–Crippen MR) is 97.8 cm³/mol. The van der Waals surface area contributed by atoms with E-state index in [-0.39, 0.29) is 21.4 Å². The summed E-state index contributed by atoms with van der Waals surface area (Å²) in [5.41, 5.74) is 1.21. The number of thiazole rings is 1. The fraction of sp³-hybridized carbons (Fsp3) is 0.211. The fourth-order valence-corrected chi connectivity index (χ4v) is 3.88. The molecule has 0 aliphatic heterocycles. The van der Waals surface area contributed by atoms with Gasteiger partial charge in [-0.3, -0.25) is 9.36 Å². The van der Waals surface area contributed by atoms with Crippen molar-refractivity contribution in [3.05, 3.63) is 64.0 Å². The van der Waals surface area contributed by atoms with E-state index in [4.69, 9.17) is 0 Å². The molecule has 1 aromatic heterocycles. The van der Waals surface area contributed by atoms with Crippen molar-refractivity contribution in [2.45, 2.75) is 26.3 Å². The summed E-state index contributed by atoms with van der Waals surface area (Å²) in [4.78, 5) is 28.2. The molecular formula is C19H16F2N2O3S. The highest BCUT2D eigenvalue weighted by Gasteiger charge is 2.24. The standard InChI is InChI=1S/C19H16F2N2O3S/c1-3-14(18(25)26)23-16-13(21)8-12(20)9-15(16)27-19(23)22-17(24)11-6-4-10(2)5-7-11/h4-9,14H,3H2,1-2H3,(H,25,26)/b22-19-. The van der Waals surface area contributed by atoms with Crippen molar-refractivity contribution in [2.24, 2.45) is 4.99 Å². The summed E-state index contributed by atoms with van der Waals surface area (Å²) in [5.74, 6) is -3.46. The van der Waals surface area contributed by atoms with Gasteiger partial charge in [0.2, 0.25) is 0 Å². The molecule has 0 spiro atoms. The number of hydrogen-bond acceptors (Lipinski definition) is 3. The maximum Gasteiger partial charge on any atom is 0.326 e. The van der Waals surface area contributed by atoms with E-state index < -0.39 is 29.6 Å². The molecule has 3 rings (SSSR count). The largest absolute Gasteiger partial charge is 0.480 e. The average Bonchev–Trinajstić information content (AvgIpc) is 2.93. The van der Waals surface area contributed by atoms with E-state index in [0.717, 1.165) is 27.5 Å². The number of carboxylic acid groups (broad SMARTS) is 1. The number of aliphatic carboxylic acids is 1. The van der Waals surface area contributed by atoms with Crippen molar-refractivity contribution in [1.29, 1.82) is 0 Å². The number of carbonyl (C=O) groups is 2. The second kappa shape index (κ2) is 7.40. The first-order valence-corrected chi connectivity index (χ1v) is 9.02. The number of rotatable bonds is 4. The van der Waals surface area contributed by atoms with E-state index in [2.05, 4.69) is 4.99 Å². The van der Waals surface area contributed by atoms with E-state index in [1.807, 2.05) is 6.92 Å². The molecular weight excluding hydrogens is 374 g/mol. The van der Waals surface area contributed by atoms with Crippen LogP contribution in [-0.4, -0.2) is 21.6 Å². The third kappa shape index (κ3) is 3.66. The molecule has 0 saturated carbocycles. The summed E-state index contributed by atoms with van der Waals surface area (Å²) >= 11 is 0.872. The molecule has 2 aromatic carbocycles. The summed E-state index contributed by atoms with van der Waals surface area (Å²) in [6.45, 7) is 3.50. The molecule has 3 aromatic rings. The molecule has 0 saturated heterocycles. The minimum absolute atomic E-state index is 0.00863. The SMILES string of the molecule is CCC(C(=O)O)n1/c(=N/C(=O)c2ccc(C)cc2)sc2cc(F)cc(F)c21. The highest BCUT2D eigenvalue weighted by atomic mass is 32.1. The number of carboxylic acids is 1. The van der Waals surface area contributed by atoms with Gasteiger partial charge in [0.25, 0.3) is 5.91 Å². The lowest BCUT2D eigenvalue weighted by atomic mass is 10.1. The van der Waals surface area contributed by atoms with Crippen molar-refractivity contribution >= 4 is 33.4 Å². The number of nitrogens with zero attached hydrogens (tertiary/aromatic N) is 2. The Bertz CT molecular complexity index is 1100. The summed E-state index contributed by atoms with van der Waals surface area (Å²) < 4.78 is 29.3. The van der Waals surface area contributed by atoms with Crippen molar-refractivity contribution in [3.8, 4) is 0 Å². The van der Waals surface area contributed by atoms with Gasteiger partial charge in [-0.25, -0.2) is 13.6 Å². The van der Waals surface area contributed by atoms with Crippen LogP contribution >= 0.6 is 11.3 Å². The first-order chi connectivity index (χ1) is 12.8. The number of halogens is 2. The van der Waals surface area contributed by atoms with Crippen LogP contribution in [0.25, 0.3) is 10.2 Å². The Morgan fingerprint density at radius 2 is 1.89 bits per heavy atom. The molecule has 0 bridgehead atoms. The van der Waals surface area contributed by atoms with Crippen LogP contribution in [0.4, 0.5) is 8.78 Å². The smallest absolute Gasteiger partial charge is 0.326 e. The number of benzene rings is 2. The molecule has 1 atom stereocenters. The van der Waals surface area contributed by atoms with Gasteiger partial charge in [-0.15, -0.1) is 0 Å². The predicted octanol–water partition coefficient (Wildman–Crippen LogP) is 4.07. The van der Waals surface area contributed by atoms with E-state index >= 15 is 0 Å². The molecule has 140 valence electrons.